The molecule has 0 aliphatic rings. The van der Waals surface area contributed by atoms with Gasteiger partial charge in [-0.1, -0.05) is 24.6 Å². The molecule has 0 saturated heterocycles. The molecule has 21 heavy (non-hydrogen) atoms. The number of amides is 1. The molecular formula is C16H18ClN3O. The minimum Gasteiger partial charge on any atom is -0.336 e. The molecule has 0 radical (unpaired) electrons. The molecule has 0 N–H and O–H groups in total. The maximum Gasteiger partial charge on any atom is 0.254 e. The third-order valence-electron chi connectivity index (χ3n) is 3.15. The van der Waals surface area contributed by atoms with Gasteiger partial charge in [-0.2, -0.15) is 0 Å². The Kier molecular flexibility index (Phi) is 4.91. The van der Waals surface area contributed by atoms with Gasteiger partial charge < -0.3 is 4.90 Å². The molecule has 0 fully saturated rings. The second-order valence-corrected chi connectivity index (χ2v) is 5.34. The van der Waals surface area contributed by atoms with Gasteiger partial charge in [-0.15, -0.1) is 0 Å². The Morgan fingerprint density at radius 1 is 1.24 bits per heavy atom. The summed E-state index contributed by atoms with van der Waals surface area (Å²) in [7, 11) is 1.76. The molecule has 4 nitrogen and oxygen atoms in total. The van der Waals surface area contributed by atoms with Gasteiger partial charge in [0.25, 0.3) is 5.91 Å². The molecule has 110 valence electrons. The van der Waals surface area contributed by atoms with Crippen LogP contribution in [0.3, 0.4) is 0 Å². The third-order valence-corrected chi connectivity index (χ3v) is 3.34. The normalized spacial score (nSPS) is 10.5. The molecule has 1 amide bonds. The highest BCUT2D eigenvalue weighted by Crippen LogP contribution is 2.14. The molecule has 2 aromatic rings. The van der Waals surface area contributed by atoms with Crippen LogP contribution in [0.25, 0.3) is 0 Å². The first-order valence-electron chi connectivity index (χ1n) is 6.84. The highest BCUT2D eigenvalue weighted by molar-refractivity contribution is 6.29. The topological polar surface area (TPSA) is 46.1 Å². The number of nitrogens with zero attached hydrogens (tertiary/aromatic N) is 3. The lowest BCUT2D eigenvalue weighted by Gasteiger charge is -2.17. The van der Waals surface area contributed by atoms with Crippen molar-refractivity contribution in [2.75, 3.05) is 7.05 Å². The van der Waals surface area contributed by atoms with E-state index in [1.807, 2.05) is 32.0 Å². The summed E-state index contributed by atoms with van der Waals surface area (Å²) >= 11 is 5.96. The lowest BCUT2D eigenvalue weighted by molar-refractivity contribution is 0.0783. The van der Waals surface area contributed by atoms with E-state index in [2.05, 4.69) is 9.97 Å². The SMILES string of the molecule is CCc1cc(C(=O)N(C)Cc2cccc(C)n2)cc(Cl)n1. The molecule has 5 heteroatoms. The molecule has 0 bridgehead atoms. The number of carbonyl (C=O) groups excluding carboxylic acids is 1. The van der Waals surface area contributed by atoms with Crippen molar-refractivity contribution < 1.29 is 4.79 Å². The van der Waals surface area contributed by atoms with E-state index in [1.54, 1.807) is 24.1 Å². The van der Waals surface area contributed by atoms with Gasteiger partial charge in [-0.05, 0) is 37.6 Å². The van der Waals surface area contributed by atoms with Crippen LogP contribution >= 0.6 is 11.6 Å². The molecule has 0 saturated carbocycles. The van der Waals surface area contributed by atoms with Crippen molar-refractivity contribution in [3.8, 4) is 0 Å². The first-order valence-corrected chi connectivity index (χ1v) is 7.22. The number of hydrogen-bond acceptors (Lipinski definition) is 3. The molecule has 0 aliphatic carbocycles. The van der Waals surface area contributed by atoms with Crippen molar-refractivity contribution in [3.63, 3.8) is 0 Å². The monoisotopic (exact) mass is 303 g/mol. The Morgan fingerprint density at radius 3 is 2.67 bits per heavy atom. The average molecular weight is 304 g/mol. The van der Waals surface area contributed by atoms with Crippen molar-refractivity contribution in [1.82, 2.24) is 14.9 Å². The number of carbonyl (C=O) groups is 1. The first-order chi connectivity index (χ1) is 9.99. The molecule has 0 atom stereocenters. The zero-order chi connectivity index (χ0) is 15.4. The summed E-state index contributed by atoms with van der Waals surface area (Å²) in [5.74, 6) is -0.0858. The molecule has 2 heterocycles. The van der Waals surface area contributed by atoms with Crippen LogP contribution < -0.4 is 0 Å². The maximum absolute atomic E-state index is 12.5. The zero-order valence-electron chi connectivity index (χ0n) is 12.4. The largest absolute Gasteiger partial charge is 0.336 e. The number of pyridine rings is 2. The van der Waals surface area contributed by atoms with Gasteiger partial charge in [-0.3, -0.25) is 9.78 Å². The fourth-order valence-corrected chi connectivity index (χ4v) is 2.30. The maximum atomic E-state index is 12.5. The average Bonchev–Trinajstić information content (AvgIpc) is 2.45. The van der Waals surface area contributed by atoms with Crippen molar-refractivity contribution in [3.05, 3.63) is 58.1 Å². The fourth-order valence-electron chi connectivity index (χ4n) is 2.08. The smallest absolute Gasteiger partial charge is 0.254 e. The van der Waals surface area contributed by atoms with Gasteiger partial charge in [0, 0.05) is 24.0 Å². The van der Waals surface area contributed by atoms with Crippen molar-refractivity contribution in [2.45, 2.75) is 26.8 Å². The molecule has 0 aromatic carbocycles. The molecular weight excluding hydrogens is 286 g/mol. The van der Waals surface area contributed by atoms with Gasteiger partial charge in [-0.25, -0.2) is 4.98 Å². The van der Waals surface area contributed by atoms with E-state index in [-0.39, 0.29) is 5.91 Å². The summed E-state index contributed by atoms with van der Waals surface area (Å²) in [6, 6.07) is 9.17. The van der Waals surface area contributed by atoms with Crippen molar-refractivity contribution in [1.29, 1.82) is 0 Å². The standard InChI is InChI=1S/C16H18ClN3O/c1-4-13-8-12(9-15(17)19-13)16(21)20(3)10-14-7-5-6-11(2)18-14/h5-9H,4,10H2,1-3H3. The van der Waals surface area contributed by atoms with E-state index in [9.17, 15) is 4.79 Å². The lowest BCUT2D eigenvalue weighted by atomic mass is 10.2. The van der Waals surface area contributed by atoms with E-state index in [4.69, 9.17) is 11.6 Å². The minimum atomic E-state index is -0.0858. The molecule has 2 aromatic heterocycles. The Bertz CT molecular complexity index is 658. The van der Waals surface area contributed by atoms with E-state index >= 15 is 0 Å². The van der Waals surface area contributed by atoms with Crippen molar-refractivity contribution in [2.24, 2.45) is 0 Å². The Morgan fingerprint density at radius 2 is 2.00 bits per heavy atom. The number of halogens is 1. The summed E-state index contributed by atoms with van der Waals surface area (Å²) in [4.78, 5) is 22.7. The summed E-state index contributed by atoms with van der Waals surface area (Å²) in [5.41, 5.74) is 3.17. The summed E-state index contributed by atoms with van der Waals surface area (Å²) in [6.45, 7) is 4.37. The predicted octanol–water partition coefficient (Wildman–Crippen LogP) is 3.27. The highest BCUT2D eigenvalue weighted by atomic mass is 35.5. The number of hydrogen-bond donors (Lipinski definition) is 0. The van der Waals surface area contributed by atoms with Crippen LogP contribution in [-0.2, 0) is 13.0 Å². The summed E-state index contributed by atoms with van der Waals surface area (Å²) in [5, 5.41) is 0.347. The quantitative estimate of drug-likeness (QED) is 0.814. The van der Waals surface area contributed by atoms with Crippen molar-refractivity contribution >= 4 is 17.5 Å². The second-order valence-electron chi connectivity index (χ2n) is 4.95. The van der Waals surface area contributed by atoms with Gasteiger partial charge in [0.05, 0.1) is 12.2 Å². The predicted molar refractivity (Wildman–Crippen MR) is 83.4 cm³/mol. The van der Waals surface area contributed by atoms with Crippen LogP contribution in [0.1, 0.15) is 34.4 Å². The number of aromatic nitrogens is 2. The zero-order valence-corrected chi connectivity index (χ0v) is 13.2. The number of rotatable bonds is 4. The van der Waals surface area contributed by atoms with E-state index in [0.29, 0.717) is 17.3 Å². The van der Waals surface area contributed by atoms with Gasteiger partial charge in [0.1, 0.15) is 5.15 Å². The Labute approximate surface area is 129 Å². The Hall–Kier alpha value is -1.94. The van der Waals surface area contributed by atoms with Crippen LogP contribution in [-0.4, -0.2) is 27.8 Å². The number of aryl methyl sites for hydroxylation is 2. The summed E-state index contributed by atoms with van der Waals surface area (Å²) in [6.07, 6.45) is 0.740. The van der Waals surface area contributed by atoms with Crippen LogP contribution in [0.4, 0.5) is 0 Å². The molecule has 0 aliphatic heterocycles. The van der Waals surface area contributed by atoms with Crippen LogP contribution in [0.2, 0.25) is 5.15 Å². The van der Waals surface area contributed by atoms with Crippen LogP contribution in [0.15, 0.2) is 30.3 Å². The van der Waals surface area contributed by atoms with Gasteiger partial charge >= 0.3 is 0 Å². The van der Waals surface area contributed by atoms with E-state index < -0.39 is 0 Å². The van der Waals surface area contributed by atoms with Gasteiger partial charge in [0.2, 0.25) is 0 Å². The molecule has 0 spiro atoms. The van der Waals surface area contributed by atoms with E-state index in [1.165, 1.54) is 0 Å². The van der Waals surface area contributed by atoms with Gasteiger partial charge in [0.15, 0.2) is 0 Å². The van der Waals surface area contributed by atoms with Crippen LogP contribution in [0.5, 0.6) is 0 Å². The van der Waals surface area contributed by atoms with E-state index in [0.717, 1.165) is 23.5 Å². The lowest BCUT2D eigenvalue weighted by Crippen LogP contribution is -2.27. The first kappa shape index (κ1) is 15.4. The second kappa shape index (κ2) is 6.68. The summed E-state index contributed by atoms with van der Waals surface area (Å²) < 4.78 is 0. The Balaban J connectivity index is 2.17. The van der Waals surface area contributed by atoms with Crippen LogP contribution in [0, 0.1) is 6.92 Å². The minimum absolute atomic E-state index is 0.0858. The third kappa shape index (κ3) is 4.02. The molecule has 0 unspecified atom stereocenters. The highest BCUT2D eigenvalue weighted by Gasteiger charge is 2.14. The molecule has 2 rings (SSSR count). The fraction of sp³-hybridized carbons (Fsp3) is 0.312.